The van der Waals surface area contributed by atoms with Gasteiger partial charge in [-0.2, -0.15) is 5.06 Å². The van der Waals surface area contributed by atoms with E-state index in [9.17, 15) is 5.21 Å². The van der Waals surface area contributed by atoms with Crippen LogP contribution in [0.1, 0.15) is 45.7 Å². The van der Waals surface area contributed by atoms with Crippen molar-refractivity contribution >= 4 is 0 Å². The zero-order valence-electron chi connectivity index (χ0n) is 17.5. The third-order valence-electron chi connectivity index (χ3n) is 5.62. The van der Waals surface area contributed by atoms with Crippen LogP contribution in [0.2, 0.25) is 0 Å². The quantitative estimate of drug-likeness (QED) is 0.575. The summed E-state index contributed by atoms with van der Waals surface area (Å²) in [6.07, 6.45) is 0.103. The van der Waals surface area contributed by atoms with Crippen molar-refractivity contribution in [1.82, 2.24) is 5.06 Å². The summed E-state index contributed by atoms with van der Waals surface area (Å²) in [7, 11) is 0. The first-order chi connectivity index (χ1) is 13.7. The molecule has 0 saturated carbocycles. The molecule has 29 heavy (non-hydrogen) atoms. The summed E-state index contributed by atoms with van der Waals surface area (Å²) >= 11 is 0. The molecule has 3 fully saturated rings. The van der Waals surface area contributed by atoms with Gasteiger partial charge in [0, 0.05) is 0 Å². The van der Waals surface area contributed by atoms with Crippen molar-refractivity contribution in [1.29, 1.82) is 0 Å². The van der Waals surface area contributed by atoms with Crippen molar-refractivity contribution in [3.8, 4) is 0 Å². The number of hydrogen-bond donors (Lipinski definition) is 1. The molecule has 0 spiro atoms. The van der Waals surface area contributed by atoms with E-state index < -0.39 is 30.0 Å². The molecule has 0 amide bonds. The highest BCUT2D eigenvalue weighted by molar-refractivity contribution is 5.20. The number of hydrogen-bond acceptors (Lipinski definition) is 7. The monoisotopic (exact) mass is 405 g/mol. The van der Waals surface area contributed by atoms with Gasteiger partial charge in [0.2, 0.25) is 0 Å². The van der Waals surface area contributed by atoms with Crippen molar-refractivity contribution in [2.75, 3.05) is 6.61 Å². The Bertz CT molecular complexity index is 723. The largest absolute Gasteiger partial charge is 0.349 e. The maximum Gasteiger partial charge on any atom is 0.164 e. The Morgan fingerprint density at radius 1 is 1.07 bits per heavy atom. The van der Waals surface area contributed by atoms with Crippen LogP contribution in [0.5, 0.6) is 0 Å². The first kappa shape index (κ1) is 20.9. The Morgan fingerprint density at radius 3 is 2.38 bits per heavy atom. The fourth-order valence-corrected chi connectivity index (χ4v) is 4.40. The Kier molecular flexibility index (Phi) is 5.59. The molecule has 3 aliphatic rings. The third kappa shape index (κ3) is 4.14. The fourth-order valence-electron chi connectivity index (χ4n) is 4.40. The second-order valence-corrected chi connectivity index (χ2v) is 8.75. The maximum atomic E-state index is 11.2. The molecule has 0 radical (unpaired) electrons. The highest BCUT2D eigenvalue weighted by Gasteiger charge is 2.60. The van der Waals surface area contributed by atoms with Crippen LogP contribution < -0.4 is 0 Å². The van der Waals surface area contributed by atoms with Crippen LogP contribution in [-0.2, 0) is 23.7 Å². The summed E-state index contributed by atoms with van der Waals surface area (Å²) in [5.41, 5.74) is 0.971. The lowest BCUT2D eigenvalue weighted by atomic mass is 10.0. The highest BCUT2D eigenvalue weighted by Crippen LogP contribution is 2.44. The lowest BCUT2D eigenvalue weighted by Gasteiger charge is -2.33. The molecular weight excluding hydrogens is 374 g/mol. The zero-order valence-corrected chi connectivity index (χ0v) is 17.5. The van der Waals surface area contributed by atoms with Gasteiger partial charge >= 0.3 is 0 Å². The van der Waals surface area contributed by atoms with Gasteiger partial charge in [-0.05, 0) is 39.7 Å². The molecule has 3 heterocycles. The molecule has 3 aliphatic heterocycles. The van der Waals surface area contributed by atoms with Gasteiger partial charge in [0.1, 0.15) is 24.4 Å². The summed E-state index contributed by atoms with van der Waals surface area (Å²) in [5, 5.41) is 12.5. The van der Waals surface area contributed by atoms with E-state index in [0.717, 1.165) is 5.56 Å². The van der Waals surface area contributed by atoms with Gasteiger partial charge < -0.3 is 28.9 Å². The first-order valence-electron chi connectivity index (χ1n) is 10.2. The smallest absolute Gasteiger partial charge is 0.164 e. The predicted octanol–water partition coefficient (Wildman–Crippen LogP) is 3.39. The molecule has 0 aromatic heterocycles. The predicted molar refractivity (Wildman–Crippen MR) is 105 cm³/mol. The number of benzene rings is 1. The van der Waals surface area contributed by atoms with Gasteiger partial charge in [0.15, 0.2) is 17.8 Å². The van der Waals surface area contributed by atoms with Gasteiger partial charge in [0.25, 0.3) is 0 Å². The summed E-state index contributed by atoms with van der Waals surface area (Å²) < 4.78 is 30.3. The molecule has 0 unspecified atom stereocenters. The highest BCUT2D eigenvalue weighted by atomic mass is 16.8. The molecule has 1 N–H and O–H groups in total. The minimum atomic E-state index is -0.772. The number of fused-ring (bicyclic) bond motifs is 1. The average molecular weight is 405 g/mol. The Hall–Kier alpha value is -1.32. The van der Waals surface area contributed by atoms with Crippen molar-refractivity contribution in [3.63, 3.8) is 0 Å². The molecular formula is C22H31NO6. The topological polar surface area (TPSA) is 69.6 Å². The number of hydroxylamine groups is 2. The van der Waals surface area contributed by atoms with E-state index in [0.29, 0.717) is 13.0 Å². The number of ether oxygens (including phenoxy) is 5. The zero-order chi connectivity index (χ0) is 20.8. The van der Waals surface area contributed by atoms with Crippen LogP contribution >= 0.6 is 0 Å². The molecule has 3 saturated heterocycles. The van der Waals surface area contributed by atoms with Crippen LogP contribution in [0, 0.1) is 0 Å². The van der Waals surface area contributed by atoms with E-state index in [1.807, 2.05) is 58.0 Å². The normalized spacial score (nSPS) is 36.3. The minimum absolute atomic E-state index is 0.303. The van der Waals surface area contributed by atoms with Gasteiger partial charge in [-0.25, -0.2) is 0 Å². The molecule has 1 aromatic rings. The van der Waals surface area contributed by atoms with E-state index in [2.05, 4.69) is 6.58 Å². The summed E-state index contributed by atoms with van der Waals surface area (Å²) in [6, 6.07) is 9.49. The standard InChI is InChI=1S/C22H31NO6/c1-6-10-15(14-11-8-7-9-12-14)23(24)20-19-18(28-22(4,5)29-19)17(26-20)16-13-25-21(2,3)27-16/h6-9,11-12,15-20,24H,1,10,13H2,2-5H3/t15-,16+,17+,18-,19-,20-/m0/s1. The summed E-state index contributed by atoms with van der Waals surface area (Å²) in [6.45, 7) is 11.7. The molecule has 160 valence electrons. The van der Waals surface area contributed by atoms with Gasteiger partial charge in [-0.1, -0.05) is 36.4 Å². The molecule has 7 nitrogen and oxygen atoms in total. The number of rotatable bonds is 6. The van der Waals surface area contributed by atoms with Crippen LogP contribution in [0.15, 0.2) is 43.0 Å². The first-order valence-corrected chi connectivity index (χ1v) is 10.2. The van der Waals surface area contributed by atoms with Crippen molar-refractivity contribution < 1.29 is 28.9 Å². The maximum absolute atomic E-state index is 11.2. The Balaban J connectivity index is 1.59. The van der Waals surface area contributed by atoms with Crippen molar-refractivity contribution in [2.24, 2.45) is 0 Å². The van der Waals surface area contributed by atoms with Crippen LogP contribution in [0.3, 0.4) is 0 Å². The average Bonchev–Trinajstić information content (AvgIpc) is 3.29. The molecule has 7 heteroatoms. The lowest BCUT2D eigenvalue weighted by molar-refractivity contribution is -0.284. The SMILES string of the molecule is C=CC[C@@H](c1ccccc1)N(O)[C@H]1O[C@H]([C@H]2COC(C)(C)O2)[C@@H]2OC(C)(C)O[C@@H]21. The van der Waals surface area contributed by atoms with Crippen LogP contribution in [-0.4, -0.2) is 59.1 Å². The second-order valence-electron chi connectivity index (χ2n) is 8.75. The van der Waals surface area contributed by atoms with Crippen LogP contribution in [0.25, 0.3) is 0 Å². The van der Waals surface area contributed by atoms with E-state index in [1.165, 1.54) is 5.06 Å². The van der Waals surface area contributed by atoms with Crippen LogP contribution in [0.4, 0.5) is 0 Å². The van der Waals surface area contributed by atoms with Crippen molar-refractivity contribution in [3.05, 3.63) is 48.6 Å². The summed E-state index contributed by atoms with van der Waals surface area (Å²) in [4.78, 5) is 0. The van der Waals surface area contributed by atoms with E-state index >= 15 is 0 Å². The minimum Gasteiger partial charge on any atom is -0.349 e. The van der Waals surface area contributed by atoms with E-state index in [4.69, 9.17) is 23.7 Å². The Morgan fingerprint density at radius 2 is 1.76 bits per heavy atom. The molecule has 0 bridgehead atoms. The fraction of sp³-hybridized carbons (Fsp3) is 0.636. The van der Waals surface area contributed by atoms with E-state index in [1.54, 1.807) is 6.08 Å². The third-order valence-corrected chi connectivity index (χ3v) is 5.62. The number of nitrogens with zero attached hydrogens (tertiary/aromatic N) is 1. The lowest BCUT2D eigenvalue weighted by Crippen LogP contribution is -2.44. The van der Waals surface area contributed by atoms with Gasteiger partial charge in [0.05, 0.1) is 12.6 Å². The molecule has 0 aliphatic carbocycles. The summed E-state index contributed by atoms with van der Waals surface area (Å²) in [5.74, 6) is -1.45. The van der Waals surface area contributed by atoms with Crippen molar-refractivity contribution in [2.45, 2.75) is 82.4 Å². The molecule has 1 aromatic carbocycles. The second kappa shape index (κ2) is 7.74. The van der Waals surface area contributed by atoms with Gasteiger partial charge in [-0.15, -0.1) is 6.58 Å². The molecule has 4 rings (SSSR count). The van der Waals surface area contributed by atoms with Gasteiger partial charge in [-0.3, -0.25) is 0 Å². The van der Waals surface area contributed by atoms with E-state index in [-0.39, 0.29) is 18.2 Å². The molecule has 6 atom stereocenters. The Labute approximate surface area is 172 Å².